The quantitative estimate of drug-likeness (QED) is 0.261. The molecule has 3 aromatic rings. The Bertz CT molecular complexity index is 1020. The Labute approximate surface area is 151 Å². The first-order valence-corrected chi connectivity index (χ1v) is 7.90. The van der Waals surface area contributed by atoms with Gasteiger partial charge in [-0.2, -0.15) is 0 Å². The molecule has 1 aromatic heterocycles. The van der Waals surface area contributed by atoms with Crippen molar-refractivity contribution in [2.45, 2.75) is 6.92 Å². The lowest BCUT2D eigenvalue weighted by Crippen LogP contribution is -2.10. The normalized spacial score (nSPS) is 10.8. The number of carbonyl (C=O) groups is 1. The highest BCUT2D eigenvalue weighted by molar-refractivity contribution is 6.46. The molecule has 3 rings (SSSR count). The van der Waals surface area contributed by atoms with Gasteiger partial charge in [0.2, 0.25) is 0 Å². The highest BCUT2D eigenvalue weighted by Crippen LogP contribution is 2.32. The minimum absolute atomic E-state index is 0.0114. The van der Waals surface area contributed by atoms with Crippen molar-refractivity contribution >= 4 is 51.7 Å². The van der Waals surface area contributed by atoms with Crippen LogP contribution in [0.3, 0.4) is 0 Å². The molecule has 4 nitrogen and oxygen atoms in total. The molecule has 24 heavy (non-hydrogen) atoms. The van der Waals surface area contributed by atoms with Crippen LogP contribution in [0.25, 0.3) is 11.0 Å². The zero-order valence-corrected chi connectivity index (χ0v) is 14.5. The molecular formula is C17H9Cl3O4. The Morgan fingerprint density at radius 1 is 1.04 bits per heavy atom. The second-order valence-electron chi connectivity index (χ2n) is 5.01. The van der Waals surface area contributed by atoms with Gasteiger partial charge < -0.3 is 9.15 Å². The molecular weight excluding hydrogens is 375 g/mol. The van der Waals surface area contributed by atoms with Crippen LogP contribution in [0.1, 0.15) is 15.9 Å². The Hall–Kier alpha value is -2.01. The standard InChI is InChI=1S/C17H9Cl3O4/c1-8-6-14(21)24-13-7-9(2-3-10(8)13)23-17(22)15-11(18)4-5-12(19)16(15)20/h2-7H,1H3. The van der Waals surface area contributed by atoms with Crippen molar-refractivity contribution in [2.24, 2.45) is 0 Å². The van der Waals surface area contributed by atoms with E-state index in [0.29, 0.717) is 5.58 Å². The predicted octanol–water partition coefficient (Wildman–Crippen LogP) is 5.28. The zero-order chi connectivity index (χ0) is 17.4. The van der Waals surface area contributed by atoms with E-state index in [1.165, 1.54) is 24.3 Å². The fraction of sp³-hybridized carbons (Fsp3) is 0.0588. The van der Waals surface area contributed by atoms with E-state index < -0.39 is 11.6 Å². The molecule has 0 aliphatic heterocycles. The Morgan fingerprint density at radius 2 is 1.75 bits per heavy atom. The SMILES string of the molecule is Cc1cc(=O)oc2cc(OC(=O)c3c(Cl)ccc(Cl)c3Cl)ccc12. The lowest BCUT2D eigenvalue weighted by atomic mass is 10.1. The van der Waals surface area contributed by atoms with Crippen molar-refractivity contribution in [2.75, 3.05) is 0 Å². The van der Waals surface area contributed by atoms with Crippen molar-refractivity contribution in [3.63, 3.8) is 0 Å². The predicted molar refractivity (Wildman–Crippen MR) is 93.7 cm³/mol. The van der Waals surface area contributed by atoms with Crippen LogP contribution in [-0.2, 0) is 0 Å². The number of rotatable bonds is 2. The lowest BCUT2D eigenvalue weighted by Gasteiger charge is -2.09. The van der Waals surface area contributed by atoms with Crippen LogP contribution in [0, 0.1) is 6.92 Å². The topological polar surface area (TPSA) is 56.5 Å². The van der Waals surface area contributed by atoms with Gasteiger partial charge in [0, 0.05) is 17.5 Å². The lowest BCUT2D eigenvalue weighted by molar-refractivity contribution is 0.0735. The van der Waals surface area contributed by atoms with Crippen LogP contribution in [0.4, 0.5) is 0 Å². The molecule has 0 atom stereocenters. The molecule has 0 radical (unpaired) electrons. The van der Waals surface area contributed by atoms with Gasteiger partial charge in [0.05, 0.1) is 20.6 Å². The molecule has 0 N–H and O–H groups in total. The third-order valence-corrected chi connectivity index (χ3v) is 4.50. The van der Waals surface area contributed by atoms with Crippen molar-refractivity contribution in [3.05, 3.63) is 73.0 Å². The highest BCUT2D eigenvalue weighted by Gasteiger charge is 2.19. The number of aryl methyl sites for hydroxylation is 1. The summed E-state index contributed by atoms with van der Waals surface area (Å²) in [5.41, 5.74) is 0.565. The second kappa shape index (κ2) is 6.48. The first kappa shape index (κ1) is 16.8. The number of halogens is 3. The second-order valence-corrected chi connectivity index (χ2v) is 6.21. The summed E-state index contributed by atoms with van der Waals surface area (Å²) in [6.45, 7) is 1.79. The van der Waals surface area contributed by atoms with Gasteiger partial charge >= 0.3 is 11.6 Å². The van der Waals surface area contributed by atoms with Gasteiger partial charge in [0.1, 0.15) is 11.3 Å². The van der Waals surface area contributed by atoms with E-state index in [0.717, 1.165) is 10.9 Å². The first-order chi connectivity index (χ1) is 11.4. The maximum Gasteiger partial charge on any atom is 0.346 e. The summed E-state index contributed by atoms with van der Waals surface area (Å²) in [5, 5.41) is 1.07. The molecule has 0 amide bonds. The van der Waals surface area contributed by atoms with Gasteiger partial charge in [0.25, 0.3) is 0 Å². The largest absolute Gasteiger partial charge is 0.423 e. The summed E-state index contributed by atoms with van der Waals surface area (Å²) in [6.07, 6.45) is 0. The monoisotopic (exact) mass is 382 g/mol. The van der Waals surface area contributed by atoms with Crippen LogP contribution >= 0.6 is 34.8 Å². The van der Waals surface area contributed by atoms with E-state index in [9.17, 15) is 9.59 Å². The van der Waals surface area contributed by atoms with Crippen LogP contribution in [-0.4, -0.2) is 5.97 Å². The molecule has 0 spiro atoms. The number of esters is 1. The molecule has 0 aliphatic rings. The Kier molecular flexibility index (Phi) is 4.54. The molecule has 0 saturated carbocycles. The maximum atomic E-state index is 12.3. The van der Waals surface area contributed by atoms with Crippen LogP contribution < -0.4 is 10.4 Å². The van der Waals surface area contributed by atoms with Crippen molar-refractivity contribution in [1.29, 1.82) is 0 Å². The Morgan fingerprint density at radius 3 is 2.50 bits per heavy atom. The molecule has 0 fully saturated rings. The highest BCUT2D eigenvalue weighted by atomic mass is 35.5. The number of carbonyl (C=O) groups excluding carboxylic acids is 1. The van der Waals surface area contributed by atoms with Crippen LogP contribution in [0.2, 0.25) is 15.1 Å². The van der Waals surface area contributed by atoms with E-state index in [2.05, 4.69) is 0 Å². The van der Waals surface area contributed by atoms with Crippen molar-refractivity contribution < 1.29 is 13.9 Å². The van der Waals surface area contributed by atoms with Crippen molar-refractivity contribution in [1.82, 2.24) is 0 Å². The van der Waals surface area contributed by atoms with Gasteiger partial charge in [-0.15, -0.1) is 0 Å². The smallest absolute Gasteiger partial charge is 0.346 e. The molecule has 0 saturated heterocycles. The van der Waals surface area contributed by atoms with Crippen LogP contribution in [0.15, 0.2) is 45.6 Å². The third-order valence-electron chi connectivity index (χ3n) is 3.38. The van der Waals surface area contributed by atoms with E-state index in [-0.39, 0.29) is 26.4 Å². The fourth-order valence-electron chi connectivity index (χ4n) is 2.24. The van der Waals surface area contributed by atoms with Gasteiger partial charge in [-0.1, -0.05) is 34.8 Å². The number of ether oxygens (including phenoxy) is 1. The number of hydrogen-bond acceptors (Lipinski definition) is 4. The van der Waals surface area contributed by atoms with Gasteiger partial charge in [-0.3, -0.25) is 0 Å². The minimum Gasteiger partial charge on any atom is -0.423 e. The molecule has 7 heteroatoms. The molecule has 2 aromatic carbocycles. The van der Waals surface area contributed by atoms with Gasteiger partial charge in [0.15, 0.2) is 0 Å². The zero-order valence-electron chi connectivity index (χ0n) is 12.2. The third kappa shape index (κ3) is 3.13. The van der Waals surface area contributed by atoms with E-state index >= 15 is 0 Å². The van der Waals surface area contributed by atoms with Crippen LogP contribution in [0.5, 0.6) is 5.75 Å². The maximum absolute atomic E-state index is 12.3. The van der Waals surface area contributed by atoms with Gasteiger partial charge in [-0.05, 0) is 36.8 Å². The molecule has 122 valence electrons. The molecule has 0 unspecified atom stereocenters. The summed E-state index contributed by atoms with van der Waals surface area (Å²) >= 11 is 17.9. The molecule has 1 heterocycles. The number of fused-ring (bicyclic) bond motifs is 1. The average molecular weight is 384 g/mol. The van der Waals surface area contributed by atoms with Crippen molar-refractivity contribution in [3.8, 4) is 5.75 Å². The van der Waals surface area contributed by atoms with Gasteiger partial charge in [-0.25, -0.2) is 9.59 Å². The van der Waals surface area contributed by atoms with E-state index in [1.807, 2.05) is 0 Å². The average Bonchev–Trinajstić information content (AvgIpc) is 2.51. The summed E-state index contributed by atoms with van der Waals surface area (Å²) in [4.78, 5) is 23.8. The number of benzene rings is 2. The fourth-order valence-corrected chi connectivity index (χ4v) is 2.92. The number of hydrogen-bond donors (Lipinski definition) is 0. The summed E-state index contributed by atoms with van der Waals surface area (Å²) in [6, 6.07) is 9.05. The summed E-state index contributed by atoms with van der Waals surface area (Å²) in [7, 11) is 0. The molecule has 0 bridgehead atoms. The minimum atomic E-state index is -0.762. The Balaban J connectivity index is 2.00. The summed E-state index contributed by atoms with van der Waals surface area (Å²) < 4.78 is 10.4. The van der Waals surface area contributed by atoms with E-state index in [4.69, 9.17) is 44.0 Å². The molecule has 0 aliphatic carbocycles. The first-order valence-electron chi connectivity index (χ1n) is 6.77. The summed E-state index contributed by atoms with van der Waals surface area (Å²) in [5.74, 6) is -0.574. The van der Waals surface area contributed by atoms with E-state index in [1.54, 1.807) is 19.1 Å².